The topological polar surface area (TPSA) is 186 Å². The van der Waals surface area contributed by atoms with Crippen molar-refractivity contribution in [1.82, 2.24) is 41.2 Å². The number of benzene rings is 1. The molecule has 0 aliphatic carbocycles. The zero-order chi connectivity index (χ0) is 33.1. The molecule has 4 rings (SSSR count). The number of nitrogens with zero attached hydrogens (tertiary/aromatic N) is 4. The number of aromatic nitrogens is 3. The molecule has 1 aromatic carbocycles. The van der Waals surface area contributed by atoms with Crippen molar-refractivity contribution in [3.05, 3.63) is 42.1 Å². The van der Waals surface area contributed by atoms with Crippen LogP contribution in [-0.4, -0.2) is 107 Å². The third-order valence-corrected chi connectivity index (χ3v) is 8.30. The Labute approximate surface area is 268 Å². The molecular weight excluding hydrogens is 596 g/mol. The molecule has 2 aliphatic rings. The van der Waals surface area contributed by atoms with Gasteiger partial charge in [0.05, 0.1) is 26.0 Å². The zero-order valence-corrected chi connectivity index (χ0v) is 26.6. The first-order valence-corrected chi connectivity index (χ1v) is 15.7. The summed E-state index contributed by atoms with van der Waals surface area (Å²) in [6.07, 6.45) is 4.38. The Morgan fingerprint density at radius 2 is 1.83 bits per heavy atom. The predicted molar refractivity (Wildman–Crippen MR) is 165 cm³/mol. The molecule has 2 bridgehead atoms. The Morgan fingerprint density at radius 1 is 1.04 bits per heavy atom. The standard InChI is InChI=1S/C31H44N8O7/c1-20(32-2)27(40)33-22-14-17-46-26-19-38(37-36-26)15-8-7-12-23(31(44)45-3)34-28(41)24(18-21-10-5-4-6-11-21)35-29(42)25-13-9-16-39(25)30(22)43/h4-6,10-11,19-20,22-25,32H,7-9,12-18H2,1-3H3,(H,33,40)(H,34,41)(H,35,42)/t20-,22+,23+,24+,25+/m1/s1. The van der Waals surface area contributed by atoms with Gasteiger partial charge in [-0.2, -0.15) is 0 Å². The SMILES string of the molecule is CN[C@H](C)C(=O)N[C@H]1CCOc2cn(nn2)CCCC[C@@H](C(=O)OC)NC(=O)[C@H](Cc2ccccc2)NC(=O)[C@@H]2CCCN2C1=O. The van der Waals surface area contributed by atoms with Gasteiger partial charge in [0.15, 0.2) is 0 Å². The molecule has 5 atom stereocenters. The third-order valence-electron chi connectivity index (χ3n) is 8.30. The number of aryl methyl sites for hydroxylation is 1. The highest BCUT2D eigenvalue weighted by atomic mass is 16.5. The van der Waals surface area contributed by atoms with Gasteiger partial charge in [0.25, 0.3) is 5.88 Å². The first-order valence-electron chi connectivity index (χ1n) is 15.7. The molecule has 0 unspecified atom stereocenters. The van der Waals surface area contributed by atoms with Gasteiger partial charge in [-0.25, -0.2) is 9.48 Å². The Hall–Kier alpha value is -4.53. The van der Waals surface area contributed by atoms with Crippen LogP contribution in [0.4, 0.5) is 0 Å². The van der Waals surface area contributed by atoms with Gasteiger partial charge < -0.3 is 35.6 Å². The number of esters is 1. The number of rotatable bonds is 6. The Morgan fingerprint density at radius 3 is 2.57 bits per heavy atom. The van der Waals surface area contributed by atoms with E-state index in [0.717, 1.165) is 5.56 Å². The van der Waals surface area contributed by atoms with Gasteiger partial charge in [-0.05, 0) is 51.6 Å². The zero-order valence-electron chi connectivity index (χ0n) is 26.6. The molecule has 1 fully saturated rings. The molecule has 4 amide bonds. The fraction of sp³-hybridized carbons (Fsp3) is 0.581. The normalized spacial score (nSPS) is 24.1. The Kier molecular flexibility index (Phi) is 12.5. The van der Waals surface area contributed by atoms with Gasteiger partial charge in [0.1, 0.15) is 24.2 Å². The smallest absolute Gasteiger partial charge is 0.328 e. The average Bonchev–Trinajstić information content (AvgIpc) is 3.74. The van der Waals surface area contributed by atoms with Crippen LogP contribution in [-0.2, 0) is 41.7 Å². The van der Waals surface area contributed by atoms with Crippen LogP contribution in [0.5, 0.6) is 5.88 Å². The lowest BCUT2D eigenvalue weighted by Crippen LogP contribution is -2.58. The van der Waals surface area contributed by atoms with Crippen molar-refractivity contribution in [1.29, 1.82) is 0 Å². The molecule has 0 spiro atoms. The largest absolute Gasteiger partial charge is 0.475 e. The number of nitrogens with one attached hydrogen (secondary N) is 4. The molecule has 46 heavy (non-hydrogen) atoms. The van der Waals surface area contributed by atoms with Crippen molar-refractivity contribution in [3.63, 3.8) is 0 Å². The van der Waals surface area contributed by atoms with Crippen molar-refractivity contribution < 1.29 is 33.4 Å². The lowest BCUT2D eigenvalue weighted by Gasteiger charge is -2.30. The van der Waals surface area contributed by atoms with Gasteiger partial charge in [-0.15, -0.1) is 0 Å². The minimum absolute atomic E-state index is 0.0636. The summed E-state index contributed by atoms with van der Waals surface area (Å²) in [5.41, 5.74) is 0.806. The van der Waals surface area contributed by atoms with Gasteiger partial charge in [0.2, 0.25) is 23.6 Å². The molecule has 1 aromatic heterocycles. The number of ether oxygens (including phenoxy) is 2. The van der Waals surface area contributed by atoms with E-state index in [2.05, 4.69) is 31.6 Å². The van der Waals surface area contributed by atoms with E-state index >= 15 is 0 Å². The molecule has 3 heterocycles. The molecular formula is C31H44N8O7. The van der Waals surface area contributed by atoms with Crippen LogP contribution >= 0.6 is 0 Å². The van der Waals surface area contributed by atoms with Crippen molar-refractivity contribution in [2.45, 2.75) is 88.6 Å². The molecule has 2 aliphatic heterocycles. The monoisotopic (exact) mass is 640 g/mol. The fourth-order valence-electron chi connectivity index (χ4n) is 5.54. The molecule has 0 radical (unpaired) electrons. The summed E-state index contributed by atoms with van der Waals surface area (Å²) in [5, 5.41) is 19.4. The third kappa shape index (κ3) is 9.25. The van der Waals surface area contributed by atoms with Gasteiger partial charge in [-0.1, -0.05) is 40.6 Å². The van der Waals surface area contributed by atoms with Crippen LogP contribution in [0.3, 0.4) is 0 Å². The number of fused-ring (bicyclic) bond motifs is 3. The fourth-order valence-corrected chi connectivity index (χ4v) is 5.54. The lowest BCUT2D eigenvalue weighted by molar-refractivity contribution is -0.146. The Bertz CT molecular complexity index is 1350. The number of likely N-dealkylation sites (N-methyl/N-ethyl adjacent to an activating group) is 1. The maximum Gasteiger partial charge on any atom is 0.328 e. The van der Waals surface area contributed by atoms with Gasteiger partial charge in [0, 0.05) is 25.9 Å². The number of methoxy groups -OCH3 is 1. The highest BCUT2D eigenvalue weighted by Crippen LogP contribution is 2.20. The van der Waals surface area contributed by atoms with E-state index in [1.54, 1.807) is 24.9 Å². The quantitative estimate of drug-likeness (QED) is 0.306. The molecule has 250 valence electrons. The number of hydrogen-bond donors (Lipinski definition) is 4. The van der Waals surface area contributed by atoms with Crippen molar-refractivity contribution in [2.75, 3.05) is 27.3 Å². The molecule has 1 saturated heterocycles. The van der Waals surface area contributed by atoms with Gasteiger partial charge >= 0.3 is 5.97 Å². The minimum atomic E-state index is -1.03. The minimum Gasteiger partial charge on any atom is -0.475 e. The highest BCUT2D eigenvalue weighted by molar-refractivity contribution is 5.96. The molecule has 4 N–H and O–H groups in total. The van der Waals surface area contributed by atoms with E-state index < -0.39 is 53.9 Å². The van der Waals surface area contributed by atoms with Crippen molar-refractivity contribution in [2.24, 2.45) is 0 Å². The molecule has 2 aromatic rings. The lowest BCUT2D eigenvalue weighted by atomic mass is 10.0. The van der Waals surface area contributed by atoms with Crippen LogP contribution in [0, 0.1) is 0 Å². The first-order chi connectivity index (χ1) is 22.2. The van der Waals surface area contributed by atoms with Crippen LogP contribution in [0.1, 0.15) is 51.0 Å². The van der Waals surface area contributed by atoms with Gasteiger partial charge in [-0.3, -0.25) is 19.2 Å². The van der Waals surface area contributed by atoms with Crippen molar-refractivity contribution >= 4 is 29.6 Å². The predicted octanol–water partition coefficient (Wildman–Crippen LogP) is -0.300. The second-order valence-corrected chi connectivity index (χ2v) is 11.5. The van der Waals surface area contributed by atoms with Crippen LogP contribution in [0.2, 0.25) is 0 Å². The average molecular weight is 641 g/mol. The number of carbonyl (C=O) groups is 5. The van der Waals surface area contributed by atoms with E-state index in [9.17, 15) is 24.0 Å². The van der Waals surface area contributed by atoms with Crippen LogP contribution < -0.4 is 26.0 Å². The molecule has 15 heteroatoms. The summed E-state index contributed by atoms with van der Waals surface area (Å²) >= 11 is 0. The summed E-state index contributed by atoms with van der Waals surface area (Å²) in [5.74, 6) is -2.16. The highest BCUT2D eigenvalue weighted by Gasteiger charge is 2.39. The number of amides is 4. The van der Waals surface area contributed by atoms with E-state index in [0.29, 0.717) is 45.2 Å². The summed E-state index contributed by atoms with van der Waals surface area (Å²) in [6, 6.07) is 4.86. The second kappa shape index (κ2) is 16.7. The van der Waals surface area contributed by atoms with E-state index in [-0.39, 0.29) is 31.2 Å². The van der Waals surface area contributed by atoms with E-state index in [4.69, 9.17) is 9.47 Å². The van der Waals surface area contributed by atoms with Crippen LogP contribution in [0.15, 0.2) is 36.5 Å². The number of carbonyl (C=O) groups excluding carboxylic acids is 5. The molecule has 15 nitrogen and oxygen atoms in total. The van der Waals surface area contributed by atoms with E-state index in [1.807, 2.05) is 30.3 Å². The summed E-state index contributed by atoms with van der Waals surface area (Å²) in [4.78, 5) is 68.3. The first kappa shape index (κ1) is 34.3. The molecule has 0 saturated carbocycles. The van der Waals surface area contributed by atoms with Crippen LogP contribution in [0.25, 0.3) is 0 Å². The Balaban J connectivity index is 1.62. The summed E-state index contributed by atoms with van der Waals surface area (Å²) in [7, 11) is 2.90. The second-order valence-electron chi connectivity index (χ2n) is 11.5. The number of hydrogen-bond acceptors (Lipinski definition) is 10. The summed E-state index contributed by atoms with van der Waals surface area (Å²) < 4.78 is 12.3. The summed E-state index contributed by atoms with van der Waals surface area (Å²) in [6.45, 7) is 2.53. The maximum atomic E-state index is 13.9. The van der Waals surface area contributed by atoms with E-state index in [1.165, 1.54) is 12.0 Å². The maximum absolute atomic E-state index is 13.9. The van der Waals surface area contributed by atoms with Crippen molar-refractivity contribution in [3.8, 4) is 5.88 Å².